The molecule has 3 rings (SSSR count). The lowest BCUT2D eigenvalue weighted by atomic mass is 10.1. The summed E-state index contributed by atoms with van der Waals surface area (Å²) >= 11 is 13.2. The number of thioether (sulfide) groups is 1. The number of rotatable bonds is 10. The van der Waals surface area contributed by atoms with Crippen molar-refractivity contribution in [3.63, 3.8) is 0 Å². The van der Waals surface area contributed by atoms with Crippen LogP contribution in [-0.4, -0.2) is 32.3 Å². The van der Waals surface area contributed by atoms with E-state index in [4.69, 9.17) is 23.2 Å². The van der Waals surface area contributed by atoms with Crippen LogP contribution < -0.4 is 10.6 Å². The highest BCUT2D eigenvalue weighted by Gasteiger charge is 2.16. The Morgan fingerprint density at radius 1 is 1.15 bits per heavy atom. The van der Waals surface area contributed by atoms with E-state index in [9.17, 15) is 9.59 Å². The predicted molar refractivity (Wildman–Crippen MR) is 132 cm³/mol. The Hall–Kier alpha value is -2.81. The van der Waals surface area contributed by atoms with E-state index in [2.05, 4.69) is 27.4 Å². The van der Waals surface area contributed by atoms with Gasteiger partial charge >= 0.3 is 0 Å². The monoisotopic (exact) mass is 503 g/mol. The van der Waals surface area contributed by atoms with E-state index < -0.39 is 0 Å². The molecule has 0 unspecified atom stereocenters. The lowest BCUT2D eigenvalue weighted by molar-refractivity contribution is -0.119. The second-order valence-electron chi connectivity index (χ2n) is 7.10. The molecule has 3 aromatic rings. The summed E-state index contributed by atoms with van der Waals surface area (Å²) in [5.41, 5.74) is 1.42. The van der Waals surface area contributed by atoms with E-state index >= 15 is 0 Å². The maximum atomic E-state index is 12.4. The molecule has 0 aliphatic carbocycles. The van der Waals surface area contributed by atoms with Crippen molar-refractivity contribution in [1.29, 1.82) is 0 Å². The first kappa shape index (κ1) is 24.8. The second kappa shape index (κ2) is 11.9. The van der Waals surface area contributed by atoms with Crippen molar-refractivity contribution in [1.82, 2.24) is 25.4 Å². The SMILES string of the molecule is C=CCn1c(CNC(=O)c2ccc(Cl)c(Cl)c2)nnc1SCC(=O)N[C@@H](C)c1ccccc1. The lowest BCUT2D eigenvalue weighted by Crippen LogP contribution is -2.28. The predicted octanol–water partition coefficient (Wildman–Crippen LogP) is 4.67. The Bertz CT molecular complexity index is 1140. The van der Waals surface area contributed by atoms with Crippen LogP contribution in [0.1, 0.15) is 34.7 Å². The summed E-state index contributed by atoms with van der Waals surface area (Å²) in [6.07, 6.45) is 1.70. The molecule has 172 valence electrons. The first-order valence-electron chi connectivity index (χ1n) is 10.1. The zero-order valence-electron chi connectivity index (χ0n) is 17.9. The Morgan fingerprint density at radius 3 is 2.61 bits per heavy atom. The number of carbonyl (C=O) groups excluding carboxylic acids is 2. The normalized spacial score (nSPS) is 11.6. The van der Waals surface area contributed by atoms with E-state index in [1.54, 1.807) is 22.8 Å². The number of hydrogen-bond acceptors (Lipinski definition) is 5. The van der Waals surface area contributed by atoms with Crippen LogP contribution >= 0.6 is 35.0 Å². The molecular weight excluding hydrogens is 481 g/mol. The van der Waals surface area contributed by atoms with E-state index in [1.165, 1.54) is 17.8 Å². The number of carbonyl (C=O) groups is 2. The number of nitrogens with zero attached hydrogens (tertiary/aromatic N) is 3. The minimum absolute atomic E-state index is 0.0995. The molecule has 2 amide bonds. The number of amides is 2. The largest absolute Gasteiger partial charge is 0.349 e. The highest BCUT2D eigenvalue weighted by Crippen LogP contribution is 2.23. The smallest absolute Gasteiger partial charge is 0.251 e. The molecule has 10 heteroatoms. The number of nitrogens with one attached hydrogen (secondary N) is 2. The number of halogens is 2. The summed E-state index contributed by atoms with van der Waals surface area (Å²) in [6, 6.07) is 14.3. The second-order valence-corrected chi connectivity index (χ2v) is 8.86. The molecule has 0 radical (unpaired) electrons. The molecule has 1 aromatic heterocycles. The first-order valence-corrected chi connectivity index (χ1v) is 11.9. The van der Waals surface area contributed by atoms with Gasteiger partial charge in [-0.05, 0) is 30.7 Å². The van der Waals surface area contributed by atoms with Crippen molar-refractivity contribution >= 4 is 46.8 Å². The molecule has 2 aromatic carbocycles. The molecule has 0 saturated carbocycles. The molecule has 33 heavy (non-hydrogen) atoms. The van der Waals surface area contributed by atoms with E-state index in [1.807, 2.05) is 37.3 Å². The van der Waals surface area contributed by atoms with Gasteiger partial charge in [-0.25, -0.2) is 0 Å². The number of benzene rings is 2. The Kier molecular flexibility index (Phi) is 8.94. The third-order valence-electron chi connectivity index (χ3n) is 4.70. The highest BCUT2D eigenvalue weighted by molar-refractivity contribution is 7.99. The van der Waals surface area contributed by atoms with Gasteiger partial charge in [0.1, 0.15) is 0 Å². The quantitative estimate of drug-likeness (QED) is 0.310. The highest BCUT2D eigenvalue weighted by atomic mass is 35.5. The van der Waals surface area contributed by atoms with Gasteiger partial charge in [0, 0.05) is 12.1 Å². The molecule has 0 fully saturated rings. The van der Waals surface area contributed by atoms with E-state index in [0.29, 0.717) is 33.1 Å². The third kappa shape index (κ3) is 6.83. The van der Waals surface area contributed by atoms with Gasteiger partial charge in [-0.2, -0.15) is 0 Å². The van der Waals surface area contributed by atoms with Gasteiger partial charge in [0.25, 0.3) is 5.91 Å². The van der Waals surface area contributed by atoms with Crippen LogP contribution in [0.2, 0.25) is 10.0 Å². The molecule has 0 aliphatic heterocycles. The van der Waals surface area contributed by atoms with Crippen molar-refractivity contribution in [2.45, 2.75) is 31.2 Å². The van der Waals surface area contributed by atoms with Crippen LogP contribution in [0.4, 0.5) is 0 Å². The Balaban J connectivity index is 1.59. The van der Waals surface area contributed by atoms with Gasteiger partial charge in [-0.3, -0.25) is 9.59 Å². The minimum atomic E-state index is -0.315. The molecule has 0 spiro atoms. The van der Waals surface area contributed by atoms with E-state index in [0.717, 1.165) is 5.56 Å². The van der Waals surface area contributed by atoms with Crippen LogP contribution in [0, 0.1) is 0 Å². The summed E-state index contributed by atoms with van der Waals surface area (Å²) in [4.78, 5) is 24.9. The van der Waals surface area contributed by atoms with Crippen LogP contribution in [0.25, 0.3) is 0 Å². The van der Waals surface area contributed by atoms with Crippen LogP contribution in [0.15, 0.2) is 66.3 Å². The maximum Gasteiger partial charge on any atom is 0.251 e. The molecule has 1 heterocycles. The topological polar surface area (TPSA) is 88.9 Å². The number of allylic oxidation sites excluding steroid dienone is 1. The van der Waals surface area contributed by atoms with E-state index in [-0.39, 0.29) is 30.2 Å². The summed E-state index contributed by atoms with van der Waals surface area (Å²) in [5.74, 6) is 0.301. The average molecular weight is 504 g/mol. The summed E-state index contributed by atoms with van der Waals surface area (Å²) in [6.45, 7) is 6.29. The molecule has 2 N–H and O–H groups in total. The van der Waals surface area contributed by atoms with Gasteiger partial charge in [0.15, 0.2) is 11.0 Å². The summed E-state index contributed by atoms with van der Waals surface area (Å²) in [7, 11) is 0. The van der Waals surface area contributed by atoms with Crippen molar-refractivity contribution < 1.29 is 9.59 Å². The Morgan fingerprint density at radius 2 is 1.91 bits per heavy atom. The van der Waals surface area contributed by atoms with Gasteiger partial charge < -0.3 is 15.2 Å². The fourth-order valence-corrected chi connectivity index (χ4v) is 4.08. The molecule has 7 nitrogen and oxygen atoms in total. The summed E-state index contributed by atoms with van der Waals surface area (Å²) in [5, 5.41) is 15.4. The molecular formula is C23H23Cl2N5O2S. The van der Waals surface area contributed by atoms with Crippen molar-refractivity contribution in [3.05, 3.63) is 88.2 Å². The number of aromatic nitrogens is 3. The Labute approximate surface area is 206 Å². The average Bonchev–Trinajstić information content (AvgIpc) is 3.20. The van der Waals surface area contributed by atoms with Gasteiger partial charge in [-0.15, -0.1) is 16.8 Å². The van der Waals surface area contributed by atoms with Crippen LogP contribution in [0.3, 0.4) is 0 Å². The van der Waals surface area contributed by atoms with Crippen molar-refractivity contribution in [2.75, 3.05) is 5.75 Å². The standard InChI is InChI=1S/C23H23Cl2N5O2S/c1-3-11-30-20(13-26-22(32)17-9-10-18(24)19(25)12-17)28-29-23(30)33-14-21(31)27-15(2)16-7-5-4-6-8-16/h3-10,12,15H,1,11,13-14H2,2H3,(H,26,32)(H,27,31)/t15-/m0/s1. The van der Waals surface area contributed by atoms with Crippen molar-refractivity contribution in [2.24, 2.45) is 0 Å². The minimum Gasteiger partial charge on any atom is -0.349 e. The first-order chi connectivity index (χ1) is 15.9. The molecule has 0 bridgehead atoms. The fourth-order valence-electron chi connectivity index (χ4n) is 3.01. The molecule has 0 saturated heterocycles. The third-order valence-corrected chi connectivity index (χ3v) is 6.41. The van der Waals surface area contributed by atoms with Gasteiger partial charge in [0.2, 0.25) is 5.91 Å². The van der Waals surface area contributed by atoms with Crippen molar-refractivity contribution in [3.8, 4) is 0 Å². The lowest BCUT2D eigenvalue weighted by Gasteiger charge is -2.14. The van der Waals surface area contributed by atoms with Crippen LogP contribution in [0.5, 0.6) is 0 Å². The maximum absolute atomic E-state index is 12.4. The molecule has 1 atom stereocenters. The zero-order valence-corrected chi connectivity index (χ0v) is 20.3. The molecule has 0 aliphatic rings. The summed E-state index contributed by atoms with van der Waals surface area (Å²) < 4.78 is 1.81. The van der Waals surface area contributed by atoms with Crippen LogP contribution in [-0.2, 0) is 17.9 Å². The van der Waals surface area contributed by atoms with Gasteiger partial charge in [0.05, 0.1) is 28.4 Å². The zero-order chi connectivity index (χ0) is 23.8. The fraction of sp³-hybridized carbons (Fsp3) is 0.217. The number of hydrogen-bond donors (Lipinski definition) is 2. The van der Waals surface area contributed by atoms with Gasteiger partial charge in [-0.1, -0.05) is 71.4 Å².